The molecule has 0 fully saturated rings. The van der Waals surface area contributed by atoms with E-state index in [4.69, 9.17) is 0 Å². The zero-order chi connectivity index (χ0) is 22.6. The molecule has 0 radical (unpaired) electrons. The summed E-state index contributed by atoms with van der Waals surface area (Å²) in [4.78, 5) is 12.9. The van der Waals surface area contributed by atoms with Crippen molar-refractivity contribution in [1.82, 2.24) is 14.1 Å². The summed E-state index contributed by atoms with van der Waals surface area (Å²) in [5.41, 5.74) is 3.83. The highest BCUT2D eigenvalue weighted by molar-refractivity contribution is 7.89. The minimum absolute atomic E-state index is 0.137. The molecule has 0 aliphatic carbocycles. The van der Waals surface area contributed by atoms with E-state index >= 15 is 0 Å². The van der Waals surface area contributed by atoms with Crippen molar-refractivity contribution in [2.24, 2.45) is 0 Å². The fraction of sp³-hybridized carbons (Fsp3) is 0.304. The average Bonchev–Trinajstić information content (AvgIpc) is 3.20. The van der Waals surface area contributed by atoms with Crippen LogP contribution in [0.4, 0.5) is 5.69 Å². The van der Waals surface area contributed by atoms with Crippen molar-refractivity contribution in [2.75, 3.05) is 18.4 Å². The Morgan fingerprint density at radius 1 is 1.10 bits per heavy atom. The van der Waals surface area contributed by atoms with Gasteiger partial charge in [-0.15, -0.1) is 0 Å². The topological polar surface area (TPSA) is 84.3 Å². The van der Waals surface area contributed by atoms with Crippen LogP contribution in [0, 0.1) is 13.8 Å². The Bertz CT molecular complexity index is 1170. The lowest BCUT2D eigenvalue weighted by molar-refractivity contribution is -0.115. The van der Waals surface area contributed by atoms with Gasteiger partial charge in [-0.3, -0.25) is 4.79 Å². The van der Waals surface area contributed by atoms with Crippen molar-refractivity contribution in [3.05, 3.63) is 71.5 Å². The van der Waals surface area contributed by atoms with Crippen molar-refractivity contribution >= 4 is 21.6 Å². The van der Waals surface area contributed by atoms with Gasteiger partial charge in [-0.1, -0.05) is 32.0 Å². The van der Waals surface area contributed by atoms with E-state index in [1.807, 2.05) is 50.4 Å². The van der Waals surface area contributed by atoms with E-state index in [-0.39, 0.29) is 17.2 Å². The van der Waals surface area contributed by atoms with E-state index in [9.17, 15) is 13.2 Å². The molecule has 0 aliphatic heterocycles. The second-order valence-corrected chi connectivity index (χ2v) is 9.29. The number of aromatic nitrogens is 2. The maximum Gasteiger partial charge on any atom is 0.243 e. The number of sulfonamides is 1. The van der Waals surface area contributed by atoms with Crippen LogP contribution in [0.1, 0.15) is 30.5 Å². The molecule has 0 saturated heterocycles. The zero-order valence-corrected chi connectivity index (χ0v) is 19.1. The molecule has 1 heterocycles. The third-order valence-corrected chi connectivity index (χ3v) is 7.31. The lowest BCUT2D eigenvalue weighted by atomic mass is 10.1. The highest BCUT2D eigenvalue weighted by Crippen LogP contribution is 2.26. The van der Waals surface area contributed by atoms with E-state index < -0.39 is 10.0 Å². The smallest absolute Gasteiger partial charge is 0.243 e. The van der Waals surface area contributed by atoms with Gasteiger partial charge in [-0.05, 0) is 54.8 Å². The molecule has 0 spiro atoms. The molecule has 0 atom stereocenters. The summed E-state index contributed by atoms with van der Waals surface area (Å²) in [6.07, 6.45) is 3.61. The Labute approximate surface area is 183 Å². The zero-order valence-electron chi connectivity index (χ0n) is 18.3. The van der Waals surface area contributed by atoms with Crippen molar-refractivity contribution in [3.8, 4) is 5.69 Å². The lowest BCUT2D eigenvalue weighted by Crippen LogP contribution is -2.30. The van der Waals surface area contributed by atoms with Crippen molar-refractivity contribution in [2.45, 2.75) is 39.0 Å². The Kier molecular flexibility index (Phi) is 6.92. The van der Waals surface area contributed by atoms with Gasteiger partial charge in [0.15, 0.2) is 0 Å². The van der Waals surface area contributed by atoms with Gasteiger partial charge in [0.25, 0.3) is 0 Å². The van der Waals surface area contributed by atoms with Crippen LogP contribution in [0.25, 0.3) is 5.69 Å². The molecule has 1 amide bonds. The summed E-state index contributed by atoms with van der Waals surface area (Å²) in [5, 5.41) is 7.19. The summed E-state index contributed by atoms with van der Waals surface area (Å²) < 4.78 is 29.0. The summed E-state index contributed by atoms with van der Waals surface area (Å²) in [7, 11) is -3.62. The number of carbonyl (C=O) groups is 1. The number of aryl methyl sites for hydroxylation is 1. The number of para-hydroxylation sites is 1. The van der Waals surface area contributed by atoms with E-state index in [1.165, 1.54) is 4.31 Å². The van der Waals surface area contributed by atoms with Gasteiger partial charge in [0.05, 0.1) is 23.2 Å². The third-order valence-electron chi connectivity index (χ3n) is 5.28. The van der Waals surface area contributed by atoms with E-state index in [0.717, 1.165) is 22.4 Å². The van der Waals surface area contributed by atoms with Gasteiger partial charge in [0, 0.05) is 25.0 Å². The standard InChI is InChI=1S/C23H28N4O3S/c1-5-26(6-2)31(29,30)21-12-17(3)18(4)22(14-21)25-23(28)13-19-15-24-27(16-19)20-10-8-7-9-11-20/h7-12,14-16H,5-6,13H2,1-4H3,(H,25,28). The van der Waals surface area contributed by atoms with Crippen LogP contribution in [-0.2, 0) is 21.2 Å². The molecule has 3 rings (SSSR count). The first-order chi connectivity index (χ1) is 14.8. The molecule has 0 saturated carbocycles. The molecule has 0 unspecified atom stereocenters. The van der Waals surface area contributed by atoms with Crippen molar-refractivity contribution in [1.29, 1.82) is 0 Å². The normalized spacial score (nSPS) is 11.6. The first-order valence-electron chi connectivity index (χ1n) is 10.3. The monoisotopic (exact) mass is 440 g/mol. The molecule has 1 N–H and O–H groups in total. The largest absolute Gasteiger partial charge is 0.326 e. The number of nitrogens with zero attached hydrogens (tertiary/aromatic N) is 3. The summed E-state index contributed by atoms with van der Waals surface area (Å²) in [6, 6.07) is 12.8. The quantitative estimate of drug-likeness (QED) is 0.579. The maximum absolute atomic E-state index is 12.9. The van der Waals surface area contributed by atoms with Gasteiger partial charge >= 0.3 is 0 Å². The molecule has 0 aliphatic rings. The Hall–Kier alpha value is -2.97. The van der Waals surface area contributed by atoms with Gasteiger partial charge in [-0.25, -0.2) is 13.1 Å². The fourth-order valence-electron chi connectivity index (χ4n) is 3.37. The van der Waals surface area contributed by atoms with Gasteiger partial charge < -0.3 is 5.32 Å². The predicted molar refractivity (Wildman–Crippen MR) is 122 cm³/mol. The minimum atomic E-state index is -3.62. The highest BCUT2D eigenvalue weighted by Gasteiger charge is 2.23. The Balaban J connectivity index is 1.80. The molecule has 1 aromatic heterocycles. The van der Waals surface area contributed by atoms with E-state index in [0.29, 0.717) is 18.8 Å². The number of carbonyl (C=O) groups excluding carboxylic acids is 1. The molecule has 164 valence electrons. The van der Waals surface area contributed by atoms with E-state index in [1.54, 1.807) is 36.9 Å². The van der Waals surface area contributed by atoms with Crippen LogP contribution in [0.5, 0.6) is 0 Å². The maximum atomic E-state index is 12.9. The summed E-state index contributed by atoms with van der Waals surface area (Å²) >= 11 is 0. The van der Waals surface area contributed by atoms with Crippen molar-refractivity contribution in [3.63, 3.8) is 0 Å². The van der Waals surface area contributed by atoms with Crippen LogP contribution in [0.2, 0.25) is 0 Å². The molecule has 2 aromatic carbocycles. The summed E-state index contributed by atoms with van der Waals surface area (Å²) in [6.45, 7) is 8.10. The number of benzene rings is 2. The SMILES string of the molecule is CCN(CC)S(=O)(=O)c1cc(C)c(C)c(NC(=O)Cc2cnn(-c3ccccc3)c2)c1. The number of nitrogens with one attached hydrogen (secondary N) is 1. The molecular formula is C23H28N4O3S. The van der Waals surface area contributed by atoms with Crippen LogP contribution >= 0.6 is 0 Å². The average molecular weight is 441 g/mol. The molecular weight excluding hydrogens is 412 g/mol. The van der Waals surface area contributed by atoms with Crippen molar-refractivity contribution < 1.29 is 13.2 Å². The lowest BCUT2D eigenvalue weighted by Gasteiger charge is -2.20. The number of anilines is 1. The Morgan fingerprint density at radius 2 is 1.77 bits per heavy atom. The van der Waals surface area contributed by atoms with Gasteiger partial charge in [-0.2, -0.15) is 9.40 Å². The number of rotatable bonds is 8. The number of hydrogen-bond acceptors (Lipinski definition) is 4. The van der Waals surface area contributed by atoms with Crippen LogP contribution in [0.15, 0.2) is 59.8 Å². The highest BCUT2D eigenvalue weighted by atomic mass is 32.2. The number of hydrogen-bond donors (Lipinski definition) is 1. The van der Waals surface area contributed by atoms with Gasteiger partial charge in [0.2, 0.25) is 15.9 Å². The molecule has 3 aromatic rings. The predicted octanol–water partition coefficient (Wildman–Crippen LogP) is 3.70. The molecule has 31 heavy (non-hydrogen) atoms. The van der Waals surface area contributed by atoms with Crippen LogP contribution in [-0.4, -0.2) is 41.5 Å². The van der Waals surface area contributed by atoms with Gasteiger partial charge in [0.1, 0.15) is 0 Å². The first-order valence-corrected chi connectivity index (χ1v) is 11.7. The summed E-state index contributed by atoms with van der Waals surface area (Å²) in [5.74, 6) is -0.229. The molecule has 0 bridgehead atoms. The van der Waals surface area contributed by atoms with E-state index in [2.05, 4.69) is 10.4 Å². The number of amides is 1. The first kappa shape index (κ1) is 22.7. The second-order valence-electron chi connectivity index (χ2n) is 7.36. The molecule has 7 nitrogen and oxygen atoms in total. The second kappa shape index (κ2) is 9.45. The Morgan fingerprint density at radius 3 is 2.42 bits per heavy atom. The fourth-order valence-corrected chi connectivity index (χ4v) is 4.94. The van der Waals surface area contributed by atoms with Crippen LogP contribution < -0.4 is 5.32 Å². The third kappa shape index (κ3) is 5.03. The molecule has 8 heteroatoms. The minimum Gasteiger partial charge on any atom is -0.326 e. The van der Waals surface area contributed by atoms with Crippen LogP contribution in [0.3, 0.4) is 0 Å².